The summed E-state index contributed by atoms with van der Waals surface area (Å²) in [5.41, 5.74) is 3.85. The summed E-state index contributed by atoms with van der Waals surface area (Å²) < 4.78 is 5.30. The highest BCUT2D eigenvalue weighted by molar-refractivity contribution is 6.05. The van der Waals surface area contributed by atoms with E-state index in [1.807, 2.05) is 36.4 Å². The van der Waals surface area contributed by atoms with Gasteiger partial charge in [-0.05, 0) is 41.3 Å². The van der Waals surface area contributed by atoms with E-state index in [0.29, 0.717) is 29.9 Å². The summed E-state index contributed by atoms with van der Waals surface area (Å²) in [4.78, 5) is 54.5. The standard InChI is InChI=1S/C26H22N4O5/c31-23-11-9-21(24(32)29-23)30-14-19-7-6-16(12-20(19)25(30)33)15-35-26(34)28-22-10-8-18(13-27-22)17-4-2-1-3-5-17/h1-8,10,12-13,21H,9,11,14-15H2,(H,27,28,34)(H,29,31,32). The minimum atomic E-state index is -0.668. The molecule has 0 spiro atoms. The highest BCUT2D eigenvalue weighted by Crippen LogP contribution is 2.28. The lowest BCUT2D eigenvalue weighted by Gasteiger charge is -2.29. The molecule has 0 bridgehead atoms. The third-order valence-corrected chi connectivity index (χ3v) is 6.06. The molecule has 9 nitrogen and oxygen atoms in total. The molecule has 35 heavy (non-hydrogen) atoms. The molecule has 0 aliphatic carbocycles. The molecule has 1 unspecified atom stereocenters. The quantitative estimate of drug-likeness (QED) is 0.553. The molecule has 1 saturated heterocycles. The largest absolute Gasteiger partial charge is 0.444 e. The van der Waals surface area contributed by atoms with Crippen LogP contribution in [0.1, 0.15) is 34.3 Å². The van der Waals surface area contributed by atoms with Crippen LogP contribution in [-0.2, 0) is 27.5 Å². The maximum atomic E-state index is 12.9. The van der Waals surface area contributed by atoms with Crippen LogP contribution in [-0.4, -0.2) is 39.7 Å². The van der Waals surface area contributed by atoms with Crippen LogP contribution in [0.4, 0.5) is 10.6 Å². The van der Waals surface area contributed by atoms with Crippen LogP contribution in [0.15, 0.2) is 66.9 Å². The molecule has 2 aliphatic rings. The van der Waals surface area contributed by atoms with Gasteiger partial charge < -0.3 is 9.64 Å². The van der Waals surface area contributed by atoms with Crippen LogP contribution in [0.5, 0.6) is 0 Å². The molecule has 1 fully saturated rings. The molecular weight excluding hydrogens is 448 g/mol. The number of amides is 4. The molecule has 2 N–H and O–H groups in total. The van der Waals surface area contributed by atoms with E-state index in [2.05, 4.69) is 15.6 Å². The summed E-state index contributed by atoms with van der Waals surface area (Å²) in [6, 6.07) is 17.9. The second-order valence-electron chi connectivity index (χ2n) is 8.39. The maximum Gasteiger partial charge on any atom is 0.413 e. The number of fused-ring (bicyclic) bond motifs is 1. The van der Waals surface area contributed by atoms with Crippen molar-refractivity contribution in [3.63, 3.8) is 0 Å². The molecule has 2 aromatic carbocycles. The van der Waals surface area contributed by atoms with Gasteiger partial charge in [0.05, 0.1) is 0 Å². The van der Waals surface area contributed by atoms with E-state index < -0.39 is 18.0 Å². The van der Waals surface area contributed by atoms with E-state index in [0.717, 1.165) is 16.7 Å². The number of imide groups is 1. The number of carbonyl (C=O) groups excluding carboxylic acids is 4. The van der Waals surface area contributed by atoms with Gasteiger partial charge in [-0.3, -0.25) is 25.0 Å². The number of nitrogens with one attached hydrogen (secondary N) is 2. The zero-order valence-electron chi connectivity index (χ0n) is 18.7. The Labute approximate surface area is 201 Å². The number of rotatable bonds is 5. The first-order valence-corrected chi connectivity index (χ1v) is 11.2. The lowest BCUT2D eigenvalue weighted by molar-refractivity contribution is -0.136. The third-order valence-electron chi connectivity index (χ3n) is 6.06. The monoisotopic (exact) mass is 470 g/mol. The Kier molecular flexibility index (Phi) is 5.97. The molecule has 4 amide bonds. The molecule has 176 valence electrons. The average Bonchev–Trinajstić information content (AvgIpc) is 3.19. The normalized spacial score (nSPS) is 17.1. The van der Waals surface area contributed by atoms with Crippen molar-refractivity contribution in [1.29, 1.82) is 0 Å². The average molecular weight is 470 g/mol. The highest BCUT2D eigenvalue weighted by Gasteiger charge is 2.39. The lowest BCUT2D eigenvalue weighted by atomic mass is 10.0. The summed E-state index contributed by atoms with van der Waals surface area (Å²) in [6.07, 6.45) is 1.52. The van der Waals surface area contributed by atoms with Crippen molar-refractivity contribution in [2.75, 3.05) is 5.32 Å². The number of carbonyl (C=O) groups is 4. The molecule has 0 saturated carbocycles. The molecule has 5 rings (SSSR count). The van der Waals surface area contributed by atoms with Gasteiger partial charge in [0.2, 0.25) is 11.8 Å². The molecule has 1 aromatic heterocycles. The van der Waals surface area contributed by atoms with Gasteiger partial charge in [0, 0.05) is 30.3 Å². The molecule has 0 radical (unpaired) electrons. The van der Waals surface area contributed by atoms with E-state index in [1.54, 1.807) is 30.5 Å². The van der Waals surface area contributed by atoms with Crippen molar-refractivity contribution < 1.29 is 23.9 Å². The Morgan fingerprint density at radius 3 is 2.63 bits per heavy atom. The fraction of sp³-hybridized carbons (Fsp3) is 0.192. The van der Waals surface area contributed by atoms with Crippen molar-refractivity contribution in [2.24, 2.45) is 0 Å². The molecule has 1 atom stereocenters. The number of aromatic nitrogens is 1. The Bertz CT molecular complexity index is 1310. The topological polar surface area (TPSA) is 118 Å². The number of nitrogens with zero attached hydrogens (tertiary/aromatic N) is 2. The highest BCUT2D eigenvalue weighted by atomic mass is 16.5. The van der Waals surface area contributed by atoms with Gasteiger partial charge in [-0.15, -0.1) is 0 Å². The number of ether oxygens (including phenoxy) is 1. The first-order valence-electron chi connectivity index (χ1n) is 11.2. The maximum absolute atomic E-state index is 12.9. The predicted molar refractivity (Wildman–Crippen MR) is 126 cm³/mol. The van der Waals surface area contributed by atoms with Crippen LogP contribution >= 0.6 is 0 Å². The molecule has 3 aromatic rings. The number of anilines is 1. The van der Waals surface area contributed by atoms with E-state index in [1.165, 1.54) is 4.90 Å². The number of pyridine rings is 1. The summed E-state index contributed by atoms with van der Waals surface area (Å²) >= 11 is 0. The molecule has 2 aliphatic heterocycles. The minimum Gasteiger partial charge on any atom is -0.444 e. The fourth-order valence-electron chi connectivity index (χ4n) is 4.25. The molecule has 9 heteroatoms. The van der Waals surface area contributed by atoms with Crippen LogP contribution in [0, 0.1) is 0 Å². The van der Waals surface area contributed by atoms with Gasteiger partial charge in [-0.1, -0.05) is 42.5 Å². The molecule has 3 heterocycles. The van der Waals surface area contributed by atoms with Crippen molar-refractivity contribution in [3.05, 3.63) is 83.6 Å². The van der Waals surface area contributed by atoms with Crippen LogP contribution < -0.4 is 10.6 Å². The summed E-state index contributed by atoms with van der Waals surface area (Å²) in [7, 11) is 0. The van der Waals surface area contributed by atoms with E-state index in [9.17, 15) is 19.2 Å². The van der Waals surface area contributed by atoms with Gasteiger partial charge in [0.1, 0.15) is 18.5 Å². The van der Waals surface area contributed by atoms with Crippen LogP contribution in [0.2, 0.25) is 0 Å². The van der Waals surface area contributed by atoms with Crippen molar-refractivity contribution in [3.8, 4) is 11.1 Å². The number of benzene rings is 2. The Balaban J connectivity index is 1.18. The van der Waals surface area contributed by atoms with E-state index in [4.69, 9.17) is 4.74 Å². The smallest absolute Gasteiger partial charge is 0.413 e. The van der Waals surface area contributed by atoms with Gasteiger partial charge in [0.25, 0.3) is 5.91 Å². The van der Waals surface area contributed by atoms with Crippen LogP contribution in [0.3, 0.4) is 0 Å². The SMILES string of the molecule is O=C1CCC(N2Cc3ccc(COC(=O)Nc4ccc(-c5ccccc5)cn4)cc3C2=O)C(=O)N1. The Morgan fingerprint density at radius 1 is 1.06 bits per heavy atom. The second-order valence-corrected chi connectivity index (χ2v) is 8.39. The zero-order chi connectivity index (χ0) is 24.4. The van der Waals surface area contributed by atoms with Gasteiger partial charge in [-0.25, -0.2) is 9.78 Å². The lowest BCUT2D eigenvalue weighted by Crippen LogP contribution is -2.52. The van der Waals surface area contributed by atoms with Gasteiger partial charge in [-0.2, -0.15) is 0 Å². The van der Waals surface area contributed by atoms with E-state index in [-0.39, 0.29) is 24.8 Å². The summed E-state index contributed by atoms with van der Waals surface area (Å²) in [5, 5.41) is 4.88. The number of piperidine rings is 1. The van der Waals surface area contributed by atoms with Gasteiger partial charge in [0.15, 0.2) is 0 Å². The predicted octanol–water partition coefficient (Wildman–Crippen LogP) is 3.26. The first-order chi connectivity index (χ1) is 17.0. The summed E-state index contributed by atoms with van der Waals surface area (Å²) in [5.74, 6) is -0.689. The minimum absolute atomic E-state index is 0.0348. The number of hydrogen-bond acceptors (Lipinski definition) is 6. The molecular formula is C26H22N4O5. The zero-order valence-corrected chi connectivity index (χ0v) is 18.7. The summed E-state index contributed by atoms with van der Waals surface area (Å²) in [6.45, 7) is 0.264. The van der Waals surface area contributed by atoms with Crippen molar-refractivity contribution in [1.82, 2.24) is 15.2 Å². The van der Waals surface area contributed by atoms with E-state index >= 15 is 0 Å². The van der Waals surface area contributed by atoms with Gasteiger partial charge >= 0.3 is 6.09 Å². The Morgan fingerprint density at radius 2 is 1.89 bits per heavy atom. The van der Waals surface area contributed by atoms with Crippen molar-refractivity contribution in [2.45, 2.75) is 32.0 Å². The fourth-order valence-corrected chi connectivity index (χ4v) is 4.25. The van der Waals surface area contributed by atoms with Crippen LogP contribution in [0.25, 0.3) is 11.1 Å². The number of hydrogen-bond donors (Lipinski definition) is 2. The Hall–Kier alpha value is -4.53. The first kappa shape index (κ1) is 22.3. The third kappa shape index (κ3) is 4.74. The second kappa shape index (κ2) is 9.38. The van der Waals surface area contributed by atoms with Crippen molar-refractivity contribution >= 4 is 29.6 Å².